The molecule has 0 amide bonds. The molecule has 0 unspecified atom stereocenters. The van der Waals surface area contributed by atoms with Crippen LogP contribution in [0.5, 0.6) is 5.75 Å². The molecular formula is C21H16FN3O. The van der Waals surface area contributed by atoms with Gasteiger partial charge in [0.15, 0.2) is 17.4 Å². The Morgan fingerprint density at radius 2 is 1.77 bits per heavy atom. The highest BCUT2D eigenvalue weighted by atomic mass is 19.1. The Hall–Kier alpha value is -3.34. The molecule has 4 aromatic rings. The topological polar surface area (TPSA) is 47.9 Å². The van der Waals surface area contributed by atoms with E-state index in [9.17, 15) is 4.39 Å². The van der Waals surface area contributed by atoms with Gasteiger partial charge in [-0.1, -0.05) is 24.3 Å². The molecule has 0 aliphatic rings. The number of para-hydroxylation sites is 1. The highest BCUT2D eigenvalue weighted by molar-refractivity contribution is 5.79. The van der Waals surface area contributed by atoms with Crippen LogP contribution in [-0.2, 0) is 0 Å². The second-order valence-electron chi connectivity index (χ2n) is 5.74. The number of rotatable bonds is 4. The molecule has 0 aliphatic carbocycles. The van der Waals surface area contributed by atoms with E-state index < -0.39 is 5.82 Å². The maximum absolute atomic E-state index is 14.1. The zero-order chi connectivity index (χ0) is 17.9. The molecule has 4 rings (SSSR count). The number of hydrogen-bond acceptors (Lipinski definition) is 4. The Balaban J connectivity index is 1.73. The van der Waals surface area contributed by atoms with E-state index in [4.69, 9.17) is 4.74 Å². The average Bonchev–Trinajstić information content (AvgIpc) is 2.69. The van der Waals surface area contributed by atoms with Crippen molar-refractivity contribution in [2.24, 2.45) is 0 Å². The monoisotopic (exact) mass is 345 g/mol. The molecule has 2 aromatic carbocycles. The van der Waals surface area contributed by atoms with Gasteiger partial charge in [0.2, 0.25) is 0 Å². The minimum absolute atomic E-state index is 0.241. The Kier molecular flexibility index (Phi) is 4.27. The van der Waals surface area contributed by atoms with Crippen LogP contribution in [0.3, 0.4) is 0 Å². The van der Waals surface area contributed by atoms with E-state index in [0.717, 1.165) is 10.9 Å². The standard InChI is InChI=1S/C21H16FN3O/c1-2-26-20-11-10-14(12-16(20)22)17-8-5-9-19(24-17)21-23-13-15-6-3-4-7-18(15)25-21/h3-13H,2H2,1H3. The summed E-state index contributed by atoms with van der Waals surface area (Å²) >= 11 is 0. The van der Waals surface area contributed by atoms with E-state index in [1.54, 1.807) is 18.3 Å². The van der Waals surface area contributed by atoms with Crippen LogP contribution in [0.1, 0.15) is 6.92 Å². The van der Waals surface area contributed by atoms with Crippen molar-refractivity contribution in [1.29, 1.82) is 0 Å². The first-order valence-electron chi connectivity index (χ1n) is 8.36. The zero-order valence-electron chi connectivity index (χ0n) is 14.2. The molecular weight excluding hydrogens is 329 g/mol. The van der Waals surface area contributed by atoms with Gasteiger partial charge in [0.25, 0.3) is 0 Å². The van der Waals surface area contributed by atoms with Crippen LogP contribution in [0.4, 0.5) is 4.39 Å². The van der Waals surface area contributed by atoms with Gasteiger partial charge in [0, 0.05) is 17.1 Å². The van der Waals surface area contributed by atoms with Gasteiger partial charge >= 0.3 is 0 Å². The summed E-state index contributed by atoms with van der Waals surface area (Å²) in [6.07, 6.45) is 1.78. The number of ether oxygens (including phenoxy) is 1. The molecule has 2 heterocycles. The van der Waals surface area contributed by atoms with Crippen molar-refractivity contribution in [3.8, 4) is 28.5 Å². The fourth-order valence-electron chi connectivity index (χ4n) is 2.75. The van der Waals surface area contributed by atoms with Gasteiger partial charge in [-0.05, 0) is 43.3 Å². The molecule has 4 nitrogen and oxygen atoms in total. The Morgan fingerprint density at radius 3 is 2.62 bits per heavy atom. The van der Waals surface area contributed by atoms with Crippen LogP contribution in [0.25, 0.3) is 33.7 Å². The zero-order valence-corrected chi connectivity index (χ0v) is 14.2. The first kappa shape index (κ1) is 16.1. The van der Waals surface area contributed by atoms with Gasteiger partial charge < -0.3 is 4.74 Å². The van der Waals surface area contributed by atoms with Crippen LogP contribution in [0.15, 0.2) is 66.9 Å². The minimum atomic E-state index is -0.404. The molecule has 5 heteroatoms. The van der Waals surface area contributed by atoms with E-state index in [2.05, 4.69) is 15.0 Å². The summed E-state index contributed by atoms with van der Waals surface area (Å²) in [6, 6.07) is 18.2. The second-order valence-corrected chi connectivity index (χ2v) is 5.74. The van der Waals surface area contributed by atoms with Gasteiger partial charge in [-0.15, -0.1) is 0 Å². The van der Waals surface area contributed by atoms with Gasteiger partial charge in [0.1, 0.15) is 5.69 Å². The molecule has 2 aromatic heterocycles. The third kappa shape index (κ3) is 3.11. The maximum atomic E-state index is 14.1. The summed E-state index contributed by atoms with van der Waals surface area (Å²) in [6.45, 7) is 2.24. The Bertz CT molecular complexity index is 1080. The van der Waals surface area contributed by atoms with Crippen molar-refractivity contribution in [3.63, 3.8) is 0 Å². The predicted octanol–water partition coefficient (Wildman–Crippen LogP) is 4.90. The van der Waals surface area contributed by atoms with Gasteiger partial charge in [-0.2, -0.15) is 0 Å². The van der Waals surface area contributed by atoms with Crippen molar-refractivity contribution < 1.29 is 9.13 Å². The smallest absolute Gasteiger partial charge is 0.178 e. The number of nitrogens with zero attached hydrogens (tertiary/aromatic N) is 3. The van der Waals surface area contributed by atoms with E-state index in [1.165, 1.54) is 6.07 Å². The molecule has 0 radical (unpaired) electrons. The average molecular weight is 345 g/mol. The summed E-state index contributed by atoms with van der Waals surface area (Å²) < 4.78 is 19.4. The summed E-state index contributed by atoms with van der Waals surface area (Å²) in [7, 11) is 0. The summed E-state index contributed by atoms with van der Waals surface area (Å²) in [5.74, 6) is 0.376. The summed E-state index contributed by atoms with van der Waals surface area (Å²) in [5, 5.41) is 0.973. The quantitative estimate of drug-likeness (QED) is 0.528. The SMILES string of the molecule is CCOc1ccc(-c2cccc(-c3ncc4ccccc4n3)n2)cc1F. The fourth-order valence-corrected chi connectivity index (χ4v) is 2.75. The molecule has 0 fully saturated rings. The van der Waals surface area contributed by atoms with Crippen molar-refractivity contribution in [1.82, 2.24) is 15.0 Å². The third-order valence-electron chi connectivity index (χ3n) is 3.99. The Labute approximate surface area is 150 Å². The first-order chi connectivity index (χ1) is 12.7. The van der Waals surface area contributed by atoms with Crippen LogP contribution in [-0.4, -0.2) is 21.6 Å². The van der Waals surface area contributed by atoms with Crippen LogP contribution < -0.4 is 4.74 Å². The van der Waals surface area contributed by atoms with Crippen LogP contribution >= 0.6 is 0 Å². The fraction of sp³-hybridized carbons (Fsp3) is 0.0952. The number of pyridine rings is 1. The summed E-state index contributed by atoms with van der Waals surface area (Å²) in [4.78, 5) is 13.6. The van der Waals surface area contributed by atoms with E-state index >= 15 is 0 Å². The van der Waals surface area contributed by atoms with E-state index in [0.29, 0.717) is 29.4 Å². The second kappa shape index (κ2) is 6.88. The highest BCUT2D eigenvalue weighted by Crippen LogP contribution is 2.26. The van der Waals surface area contributed by atoms with Crippen LogP contribution in [0.2, 0.25) is 0 Å². The molecule has 128 valence electrons. The molecule has 0 aliphatic heterocycles. The lowest BCUT2D eigenvalue weighted by Crippen LogP contribution is -1.96. The lowest BCUT2D eigenvalue weighted by Gasteiger charge is -2.08. The minimum Gasteiger partial charge on any atom is -0.491 e. The molecule has 0 spiro atoms. The predicted molar refractivity (Wildman–Crippen MR) is 99.3 cm³/mol. The molecule has 0 bridgehead atoms. The number of benzene rings is 2. The number of hydrogen-bond donors (Lipinski definition) is 0. The molecule has 0 saturated heterocycles. The van der Waals surface area contributed by atoms with Crippen molar-refractivity contribution in [2.45, 2.75) is 6.92 Å². The van der Waals surface area contributed by atoms with E-state index in [1.807, 2.05) is 49.4 Å². The molecule has 0 saturated carbocycles. The summed E-state index contributed by atoms with van der Waals surface area (Å²) in [5.41, 5.74) is 2.83. The number of halogens is 1. The van der Waals surface area contributed by atoms with E-state index in [-0.39, 0.29) is 5.75 Å². The number of aromatic nitrogens is 3. The van der Waals surface area contributed by atoms with Gasteiger partial charge in [0.05, 0.1) is 17.8 Å². The molecule has 26 heavy (non-hydrogen) atoms. The highest BCUT2D eigenvalue weighted by Gasteiger charge is 2.10. The lowest BCUT2D eigenvalue weighted by molar-refractivity contribution is 0.321. The van der Waals surface area contributed by atoms with Crippen LogP contribution in [0, 0.1) is 5.82 Å². The third-order valence-corrected chi connectivity index (χ3v) is 3.99. The number of fused-ring (bicyclic) bond motifs is 1. The normalized spacial score (nSPS) is 10.8. The molecule has 0 atom stereocenters. The van der Waals surface area contributed by atoms with Gasteiger partial charge in [-0.3, -0.25) is 0 Å². The maximum Gasteiger partial charge on any atom is 0.178 e. The van der Waals surface area contributed by atoms with Crippen molar-refractivity contribution in [3.05, 3.63) is 72.7 Å². The molecule has 0 N–H and O–H groups in total. The first-order valence-corrected chi connectivity index (χ1v) is 8.36. The largest absolute Gasteiger partial charge is 0.491 e. The Morgan fingerprint density at radius 1 is 0.923 bits per heavy atom. The van der Waals surface area contributed by atoms with Crippen molar-refractivity contribution >= 4 is 10.9 Å². The van der Waals surface area contributed by atoms with Crippen molar-refractivity contribution in [2.75, 3.05) is 6.61 Å². The lowest BCUT2D eigenvalue weighted by atomic mass is 10.1. The van der Waals surface area contributed by atoms with Gasteiger partial charge in [-0.25, -0.2) is 19.3 Å².